The molecule has 2 amide bonds. The largest absolute Gasteiger partial charge is 0.573 e. The molecule has 0 atom stereocenters. The summed E-state index contributed by atoms with van der Waals surface area (Å²) < 4.78 is 53.5. The van der Waals surface area contributed by atoms with Crippen LogP contribution in [0.25, 0.3) is 0 Å². The molecule has 0 radical (unpaired) electrons. The Kier molecular flexibility index (Phi) is 6.78. The minimum atomic E-state index is -4.74. The number of likely N-dealkylation sites (N-methyl/N-ethyl adjacent to an activating group) is 1. The molecule has 0 aliphatic heterocycles. The van der Waals surface area contributed by atoms with E-state index >= 15 is 0 Å². The van der Waals surface area contributed by atoms with E-state index in [2.05, 4.69) is 10.1 Å². The summed E-state index contributed by atoms with van der Waals surface area (Å²) in [6.45, 7) is 0.286. The standard InChI is InChI=1S/C17H14Cl2F4N2O2/c1-25(16(26)24-11-8-13(18)15(20)14(19)9-11)7-6-10-2-4-12(5-3-10)27-17(21,22)23/h2-5,8-9H,6-7H2,1H3,(H,24,26). The number of urea groups is 1. The van der Waals surface area contributed by atoms with Crippen molar-refractivity contribution in [2.24, 2.45) is 0 Å². The third kappa shape index (κ3) is 6.48. The molecule has 146 valence electrons. The number of benzene rings is 2. The molecule has 10 heteroatoms. The fourth-order valence-electron chi connectivity index (χ4n) is 2.10. The summed E-state index contributed by atoms with van der Waals surface area (Å²) in [4.78, 5) is 13.5. The first-order valence-corrected chi connectivity index (χ1v) is 8.32. The van der Waals surface area contributed by atoms with Crippen LogP contribution in [0.4, 0.5) is 28.0 Å². The van der Waals surface area contributed by atoms with Crippen LogP contribution in [-0.2, 0) is 6.42 Å². The Balaban J connectivity index is 1.89. The van der Waals surface area contributed by atoms with Crippen LogP contribution in [-0.4, -0.2) is 30.9 Å². The number of nitrogens with zero attached hydrogens (tertiary/aromatic N) is 1. The normalized spacial score (nSPS) is 11.2. The molecule has 0 heterocycles. The zero-order chi connectivity index (χ0) is 20.2. The van der Waals surface area contributed by atoms with Crippen LogP contribution in [0.1, 0.15) is 5.56 Å². The number of ether oxygens (including phenoxy) is 1. The number of rotatable bonds is 5. The lowest BCUT2D eigenvalue weighted by Crippen LogP contribution is -2.33. The number of anilines is 1. The Bertz CT molecular complexity index is 791. The number of carbonyl (C=O) groups is 1. The van der Waals surface area contributed by atoms with Crippen LogP contribution in [0, 0.1) is 5.82 Å². The second-order valence-electron chi connectivity index (χ2n) is 5.55. The highest BCUT2D eigenvalue weighted by molar-refractivity contribution is 6.35. The van der Waals surface area contributed by atoms with E-state index in [1.165, 1.54) is 48.3 Å². The van der Waals surface area contributed by atoms with Gasteiger partial charge in [0.05, 0.1) is 10.0 Å². The van der Waals surface area contributed by atoms with Gasteiger partial charge in [0.15, 0.2) is 5.82 Å². The Morgan fingerprint density at radius 2 is 1.70 bits per heavy atom. The Morgan fingerprint density at radius 3 is 2.22 bits per heavy atom. The lowest BCUT2D eigenvalue weighted by Gasteiger charge is -2.18. The van der Waals surface area contributed by atoms with Gasteiger partial charge in [0, 0.05) is 19.3 Å². The smallest absolute Gasteiger partial charge is 0.406 e. The molecule has 0 aliphatic carbocycles. The highest BCUT2D eigenvalue weighted by atomic mass is 35.5. The Hall–Kier alpha value is -2.19. The third-order valence-electron chi connectivity index (χ3n) is 3.47. The van der Waals surface area contributed by atoms with E-state index < -0.39 is 18.2 Å². The van der Waals surface area contributed by atoms with Gasteiger partial charge in [-0.15, -0.1) is 13.2 Å². The summed E-state index contributed by atoms with van der Waals surface area (Å²) in [5.41, 5.74) is 0.953. The summed E-state index contributed by atoms with van der Waals surface area (Å²) in [7, 11) is 1.53. The number of hydrogen-bond acceptors (Lipinski definition) is 2. The van der Waals surface area contributed by atoms with E-state index in [0.29, 0.717) is 6.42 Å². The molecule has 2 aromatic rings. The summed E-state index contributed by atoms with van der Waals surface area (Å²) in [6.07, 6.45) is -4.34. The molecule has 0 saturated carbocycles. The van der Waals surface area contributed by atoms with Gasteiger partial charge < -0.3 is 15.0 Å². The minimum Gasteiger partial charge on any atom is -0.406 e. The Labute approximate surface area is 162 Å². The Morgan fingerprint density at radius 1 is 1.15 bits per heavy atom. The molecular formula is C17H14Cl2F4N2O2. The molecule has 0 bridgehead atoms. The van der Waals surface area contributed by atoms with Crippen molar-refractivity contribution in [3.05, 3.63) is 57.8 Å². The van der Waals surface area contributed by atoms with Gasteiger partial charge in [-0.2, -0.15) is 0 Å². The van der Waals surface area contributed by atoms with Gasteiger partial charge in [0.25, 0.3) is 0 Å². The molecule has 27 heavy (non-hydrogen) atoms. The molecule has 1 N–H and O–H groups in total. The van der Waals surface area contributed by atoms with Crippen molar-refractivity contribution in [3.8, 4) is 5.75 Å². The number of alkyl halides is 3. The maximum Gasteiger partial charge on any atom is 0.573 e. The number of hydrogen-bond donors (Lipinski definition) is 1. The van der Waals surface area contributed by atoms with E-state index in [0.717, 1.165) is 5.56 Å². The van der Waals surface area contributed by atoms with Crippen molar-refractivity contribution >= 4 is 34.9 Å². The van der Waals surface area contributed by atoms with Crippen LogP contribution in [0.15, 0.2) is 36.4 Å². The quantitative estimate of drug-likeness (QED) is 0.491. The highest BCUT2D eigenvalue weighted by Gasteiger charge is 2.30. The van der Waals surface area contributed by atoms with Crippen molar-refractivity contribution in [2.75, 3.05) is 18.9 Å². The number of carbonyl (C=O) groups excluding carboxylic acids is 1. The summed E-state index contributed by atoms with van der Waals surface area (Å²) >= 11 is 11.3. The van der Waals surface area contributed by atoms with Crippen LogP contribution in [0.2, 0.25) is 10.0 Å². The molecule has 2 aromatic carbocycles. The van der Waals surface area contributed by atoms with Crippen LogP contribution in [0.5, 0.6) is 5.75 Å². The van der Waals surface area contributed by atoms with Gasteiger partial charge in [-0.25, -0.2) is 9.18 Å². The van der Waals surface area contributed by atoms with Crippen LogP contribution >= 0.6 is 23.2 Å². The summed E-state index contributed by atoms with van der Waals surface area (Å²) in [5, 5.41) is 2.09. The van der Waals surface area contributed by atoms with Crippen molar-refractivity contribution in [2.45, 2.75) is 12.8 Å². The van der Waals surface area contributed by atoms with Crippen LogP contribution in [0.3, 0.4) is 0 Å². The van der Waals surface area contributed by atoms with Gasteiger partial charge >= 0.3 is 12.4 Å². The first-order valence-electron chi connectivity index (χ1n) is 7.56. The molecule has 0 aliphatic rings. The average molecular weight is 425 g/mol. The number of halogens is 6. The minimum absolute atomic E-state index is 0.221. The fourth-order valence-corrected chi connectivity index (χ4v) is 2.59. The van der Waals surface area contributed by atoms with Gasteiger partial charge in [-0.3, -0.25) is 0 Å². The molecule has 4 nitrogen and oxygen atoms in total. The molecule has 0 fully saturated rings. The molecule has 0 aromatic heterocycles. The predicted molar refractivity (Wildman–Crippen MR) is 94.9 cm³/mol. The second kappa shape index (κ2) is 8.67. The lowest BCUT2D eigenvalue weighted by molar-refractivity contribution is -0.274. The van der Waals surface area contributed by atoms with Crippen LogP contribution < -0.4 is 10.1 Å². The zero-order valence-electron chi connectivity index (χ0n) is 13.9. The van der Waals surface area contributed by atoms with Crippen molar-refractivity contribution < 1.29 is 27.1 Å². The van der Waals surface area contributed by atoms with Gasteiger partial charge in [0.2, 0.25) is 0 Å². The van der Waals surface area contributed by atoms with Crippen molar-refractivity contribution in [1.29, 1.82) is 0 Å². The second-order valence-corrected chi connectivity index (χ2v) is 6.36. The summed E-state index contributed by atoms with van der Waals surface area (Å²) in [6, 6.07) is 7.34. The molecule has 2 rings (SSSR count). The average Bonchev–Trinajstić information content (AvgIpc) is 2.57. The van der Waals surface area contributed by atoms with Crippen molar-refractivity contribution in [1.82, 2.24) is 4.90 Å². The highest BCUT2D eigenvalue weighted by Crippen LogP contribution is 2.27. The predicted octanol–water partition coefficient (Wildman–Crippen LogP) is 5.74. The fraction of sp³-hybridized carbons (Fsp3) is 0.235. The van der Waals surface area contributed by atoms with E-state index in [9.17, 15) is 22.4 Å². The van der Waals surface area contributed by atoms with Gasteiger partial charge in [-0.1, -0.05) is 35.3 Å². The lowest BCUT2D eigenvalue weighted by atomic mass is 10.1. The van der Waals surface area contributed by atoms with E-state index in [1.807, 2.05) is 0 Å². The number of amides is 2. The van der Waals surface area contributed by atoms with Crippen molar-refractivity contribution in [3.63, 3.8) is 0 Å². The first kappa shape index (κ1) is 21.1. The molecule has 0 spiro atoms. The monoisotopic (exact) mass is 424 g/mol. The third-order valence-corrected chi connectivity index (χ3v) is 4.02. The SMILES string of the molecule is CN(CCc1ccc(OC(F)(F)F)cc1)C(=O)Nc1cc(Cl)c(F)c(Cl)c1. The first-order chi connectivity index (χ1) is 12.5. The summed E-state index contributed by atoms with van der Waals surface area (Å²) in [5.74, 6) is -1.09. The molecular weight excluding hydrogens is 411 g/mol. The number of nitrogens with one attached hydrogen (secondary N) is 1. The maximum atomic E-state index is 13.4. The maximum absolute atomic E-state index is 13.4. The van der Waals surface area contributed by atoms with Gasteiger partial charge in [0.1, 0.15) is 5.75 Å². The van der Waals surface area contributed by atoms with Gasteiger partial charge in [-0.05, 0) is 36.2 Å². The molecule has 0 unspecified atom stereocenters. The van der Waals surface area contributed by atoms with E-state index in [1.54, 1.807) is 0 Å². The topological polar surface area (TPSA) is 41.6 Å². The van der Waals surface area contributed by atoms with E-state index in [-0.39, 0.29) is 28.0 Å². The van der Waals surface area contributed by atoms with E-state index in [4.69, 9.17) is 23.2 Å². The molecule has 0 saturated heterocycles. The zero-order valence-corrected chi connectivity index (χ0v) is 15.4.